The SMILES string of the molecule is CC1(CO)CCCC1NC(=O)COc1ccccc1Cl. The van der Waals surface area contributed by atoms with E-state index >= 15 is 0 Å². The summed E-state index contributed by atoms with van der Waals surface area (Å²) in [5.74, 6) is 0.317. The minimum absolute atomic E-state index is 0.00912. The molecule has 110 valence electrons. The summed E-state index contributed by atoms with van der Waals surface area (Å²) in [6.07, 6.45) is 2.85. The van der Waals surface area contributed by atoms with E-state index in [0.717, 1.165) is 19.3 Å². The van der Waals surface area contributed by atoms with Crippen molar-refractivity contribution in [2.24, 2.45) is 5.41 Å². The number of hydrogen-bond acceptors (Lipinski definition) is 3. The van der Waals surface area contributed by atoms with E-state index in [4.69, 9.17) is 16.3 Å². The third kappa shape index (κ3) is 3.44. The number of halogens is 1. The molecule has 2 N–H and O–H groups in total. The minimum atomic E-state index is -0.222. The summed E-state index contributed by atoms with van der Waals surface area (Å²) < 4.78 is 5.40. The van der Waals surface area contributed by atoms with Gasteiger partial charge in [-0.05, 0) is 25.0 Å². The first-order valence-corrected chi connectivity index (χ1v) is 7.20. The molecule has 4 nitrogen and oxygen atoms in total. The number of carbonyl (C=O) groups excluding carboxylic acids is 1. The van der Waals surface area contributed by atoms with Crippen molar-refractivity contribution in [2.45, 2.75) is 32.2 Å². The highest BCUT2D eigenvalue weighted by Gasteiger charge is 2.39. The standard InChI is InChI=1S/C15H20ClNO3/c1-15(10-18)8-4-7-13(15)17-14(19)9-20-12-6-3-2-5-11(12)16/h2-3,5-6,13,18H,4,7-10H2,1H3,(H,17,19). The molecule has 0 aliphatic heterocycles. The molecule has 1 amide bonds. The van der Waals surface area contributed by atoms with Crippen LogP contribution in [-0.2, 0) is 4.79 Å². The number of nitrogens with one attached hydrogen (secondary N) is 1. The fourth-order valence-corrected chi connectivity index (χ4v) is 2.80. The van der Waals surface area contributed by atoms with E-state index in [1.54, 1.807) is 24.3 Å². The lowest BCUT2D eigenvalue weighted by Crippen LogP contribution is -2.46. The monoisotopic (exact) mass is 297 g/mol. The molecular formula is C15H20ClNO3. The van der Waals surface area contributed by atoms with E-state index in [2.05, 4.69) is 5.32 Å². The summed E-state index contributed by atoms with van der Waals surface area (Å²) >= 11 is 5.96. The summed E-state index contributed by atoms with van der Waals surface area (Å²) in [6.45, 7) is 2.02. The molecule has 1 aromatic rings. The van der Waals surface area contributed by atoms with Gasteiger partial charge in [0.1, 0.15) is 5.75 Å². The summed E-state index contributed by atoms with van der Waals surface area (Å²) in [5.41, 5.74) is -0.222. The Morgan fingerprint density at radius 3 is 3.00 bits per heavy atom. The maximum atomic E-state index is 11.9. The molecule has 0 heterocycles. The van der Waals surface area contributed by atoms with E-state index in [9.17, 15) is 9.90 Å². The average Bonchev–Trinajstić information content (AvgIpc) is 2.80. The first-order valence-electron chi connectivity index (χ1n) is 6.83. The lowest BCUT2D eigenvalue weighted by atomic mass is 9.86. The second-order valence-electron chi connectivity index (χ2n) is 5.54. The van der Waals surface area contributed by atoms with Gasteiger partial charge in [0.25, 0.3) is 5.91 Å². The fraction of sp³-hybridized carbons (Fsp3) is 0.533. The maximum absolute atomic E-state index is 11.9. The van der Waals surface area contributed by atoms with Gasteiger partial charge >= 0.3 is 0 Å². The van der Waals surface area contributed by atoms with Crippen molar-refractivity contribution >= 4 is 17.5 Å². The number of rotatable bonds is 5. The zero-order valence-corrected chi connectivity index (χ0v) is 12.3. The van der Waals surface area contributed by atoms with E-state index in [1.807, 2.05) is 6.92 Å². The molecule has 5 heteroatoms. The van der Waals surface area contributed by atoms with Crippen LogP contribution in [-0.4, -0.2) is 30.3 Å². The van der Waals surface area contributed by atoms with Crippen molar-refractivity contribution in [3.05, 3.63) is 29.3 Å². The van der Waals surface area contributed by atoms with Gasteiger partial charge in [0.05, 0.1) is 11.6 Å². The molecule has 1 fully saturated rings. The minimum Gasteiger partial charge on any atom is -0.482 e. The summed E-state index contributed by atoms with van der Waals surface area (Å²) in [5, 5.41) is 12.9. The molecule has 1 aliphatic carbocycles. The lowest BCUT2D eigenvalue weighted by molar-refractivity contribution is -0.124. The van der Waals surface area contributed by atoms with Gasteiger partial charge in [-0.15, -0.1) is 0 Å². The maximum Gasteiger partial charge on any atom is 0.258 e. The number of carbonyl (C=O) groups is 1. The van der Waals surface area contributed by atoms with Crippen LogP contribution in [0.1, 0.15) is 26.2 Å². The Morgan fingerprint density at radius 1 is 1.55 bits per heavy atom. The Kier molecular flexibility index (Phi) is 4.89. The molecule has 0 radical (unpaired) electrons. The number of amides is 1. The van der Waals surface area contributed by atoms with Crippen LogP contribution in [0.2, 0.25) is 5.02 Å². The second-order valence-corrected chi connectivity index (χ2v) is 5.95. The summed E-state index contributed by atoms with van der Waals surface area (Å²) in [7, 11) is 0. The highest BCUT2D eigenvalue weighted by atomic mass is 35.5. The molecule has 1 aromatic carbocycles. The van der Waals surface area contributed by atoms with Crippen LogP contribution in [0.15, 0.2) is 24.3 Å². The van der Waals surface area contributed by atoms with Crippen LogP contribution in [0.25, 0.3) is 0 Å². The highest BCUT2D eigenvalue weighted by molar-refractivity contribution is 6.32. The van der Waals surface area contributed by atoms with Crippen molar-refractivity contribution in [1.29, 1.82) is 0 Å². The Bertz CT molecular complexity index is 480. The predicted molar refractivity (Wildman–Crippen MR) is 77.9 cm³/mol. The van der Waals surface area contributed by atoms with Gasteiger partial charge in [0.2, 0.25) is 0 Å². The molecule has 0 aromatic heterocycles. The first kappa shape index (κ1) is 15.1. The van der Waals surface area contributed by atoms with Crippen molar-refractivity contribution in [2.75, 3.05) is 13.2 Å². The Balaban J connectivity index is 1.86. The number of ether oxygens (including phenoxy) is 1. The van der Waals surface area contributed by atoms with Gasteiger partial charge in [-0.25, -0.2) is 0 Å². The predicted octanol–water partition coefficient (Wildman–Crippen LogP) is 2.39. The second kappa shape index (κ2) is 6.46. The summed E-state index contributed by atoms with van der Waals surface area (Å²) in [4.78, 5) is 11.9. The lowest BCUT2D eigenvalue weighted by Gasteiger charge is -2.30. The van der Waals surface area contributed by atoms with Crippen LogP contribution < -0.4 is 10.1 Å². The zero-order chi connectivity index (χ0) is 14.6. The number of aliphatic hydroxyl groups excluding tert-OH is 1. The largest absolute Gasteiger partial charge is 0.482 e. The number of aliphatic hydroxyl groups is 1. The number of para-hydroxylation sites is 1. The van der Waals surface area contributed by atoms with Crippen LogP contribution in [0.4, 0.5) is 0 Å². The van der Waals surface area contributed by atoms with Crippen molar-refractivity contribution in [1.82, 2.24) is 5.32 Å². The Morgan fingerprint density at radius 2 is 2.30 bits per heavy atom. The van der Waals surface area contributed by atoms with Gasteiger partial charge in [-0.1, -0.05) is 37.1 Å². The Labute approximate surface area is 124 Å². The summed E-state index contributed by atoms with van der Waals surface area (Å²) in [6, 6.07) is 7.06. The third-order valence-corrected chi connectivity index (χ3v) is 4.29. The quantitative estimate of drug-likeness (QED) is 0.877. The smallest absolute Gasteiger partial charge is 0.258 e. The van der Waals surface area contributed by atoms with Gasteiger partial charge in [-0.3, -0.25) is 4.79 Å². The van der Waals surface area contributed by atoms with Crippen LogP contribution in [0, 0.1) is 5.41 Å². The molecule has 0 bridgehead atoms. The van der Waals surface area contributed by atoms with E-state index in [0.29, 0.717) is 10.8 Å². The topological polar surface area (TPSA) is 58.6 Å². The molecule has 20 heavy (non-hydrogen) atoms. The van der Waals surface area contributed by atoms with Crippen molar-refractivity contribution < 1.29 is 14.6 Å². The third-order valence-electron chi connectivity index (χ3n) is 3.97. The van der Waals surface area contributed by atoms with Gasteiger partial charge in [0, 0.05) is 11.5 Å². The number of hydrogen-bond donors (Lipinski definition) is 2. The normalized spacial score (nSPS) is 25.4. The Hall–Kier alpha value is -1.26. The van der Waals surface area contributed by atoms with Gasteiger partial charge < -0.3 is 15.2 Å². The molecule has 1 saturated carbocycles. The number of benzene rings is 1. The highest BCUT2D eigenvalue weighted by Crippen LogP contribution is 2.37. The first-order chi connectivity index (χ1) is 9.55. The van der Waals surface area contributed by atoms with E-state index in [-0.39, 0.29) is 30.6 Å². The molecule has 2 atom stereocenters. The average molecular weight is 298 g/mol. The van der Waals surface area contributed by atoms with Crippen LogP contribution in [0.5, 0.6) is 5.75 Å². The van der Waals surface area contributed by atoms with Crippen molar-refractivity contribution in [3.8, 4) is 5.75 Å². The van der Waals surface area contributed by atoms with E-state index < -0.39 is 0 Å². The van der Waals surface area contributed by atoms with Gasteiger partial charge in [0.15, 0.2) is 6.61 Å². The fourth-order valence-electron chi connectivity index (χ4n) is 2.61. The van der Waals surface area contributed by atoms with Crippen molar-refractivity contribution in [3.63, 3.8) is 0 Å². The zero-order valence-electron chi connectivity index (χ0n) is 11.6. The van der Waals surface area contributed by atoms with Gasteiger partial charge in [-0.2, -0.15) is 0 Å². The molecule has 0 saturated heterocycles. The van der Waals surface area contributed by atoms with E-state index in [1.165, 1.54) is 0 Å². The molecule has 0 spiro atoms. The van der Waals surface area contributed by atoms with Crippen LogP contribution in [0.3, 0.4) is 0 Å². The molecule has 2 unspecified atom stereocenters. The molecule has 2 rings (SSSR count). The molecular weight excluding hydrogens is 278 g/mol. The van der Waals surface area contributed by atoms with Crippen LogP contribution >= 0.6 is 11.6 Å². The molecule has 1 aliphatic rings.